The fourth-order valence-corrected chi connectivity index (χ4v) is 1.50. The molecule has 2 aromatic heterocycles. The second-order valence-electron chi connectivity index (χ2n) is 3.90. The number of rotatable bonds is 3. The third kappa shape index (κ3) is 2.10. The quantitative estimate of drug-likeness (QED) is 0.868. The number of carboxylic acid groups (broad SMARTS) is 1. The highest BCUT2D eigenvalue weighted by molar-refractivity contribution is 5.84. The minimum atomic E-state index is -1.62. The zero-order chi connectivity index (χ0) is 13.3. The molecule has 0 amide bonds. The molecule has 0 bridgehead atoms. The maximum Gasteiger partial charge on any atom is 0.371 e. The number of hydrogen-bond donors (Lipinski definition) is 2. The lowest BCUT2D eigenvalue weighted by Crippen LogP contribution is -2.23. The number of aromatic nitrogens is 1. The summed E-state index contributed by atoms with van der Waals surface area (Å²) >= 11 is 0. The molecule has 0 saturated carbocycles. The van der Waals surface area contributed by atoms with Crippen molar-refractivity contribution in [2.45, 2.75) is 12.5 Å². The second kappa shape index (κ2) is 4.23. The standard InChI is InChI=1S/C12H10FNO4/c1-12(17,9-4-2-7(13)6-14-9)10-5-3-8(18-10)11(15)16/h2-6,17H,1H3,(H,15,16). The third-order valence-corrected chi connectivity index (χ3v) is 2.52. The van der Waals surface area contributed by atoms with Gasteiger partial charge in [0.25, 0.3) is 0 Å². The van der Waals surface area contributed by atoms with Gasteiger partial charge in [-0.1, -0.05) is 0 Å². The summed E-state index contributed by atoms with van der Waals surface area (Å²) in [6.45, 7) is 1.39. The molecule has 2 aromatic rings. The van der Waals surface area contributed by atoms with Gasteiger partial charge in [-0.25, -0.2) is 9.18 Å². The van der Waals surface area contributed by atoms with Gasteiger partial charge in [0.15, 0.2) is 5.60 Å². The molecule has 0 aliphatic carbocycles. The molecule has 0 radical (unpaired) electrons. The van der Waals surface area contributed by atoms with Crippen molar-refractivity contribution >= 4 is 5.97 Å². The Morgan fingerprint density at radius 2 is 2.11 bits per heavy atom. The molecular weight excluding hydrogens is 241 g/mol. The van der Waals surface area contributed by atoms with Gasteiger partial charge in [0, 0.05) is 0 Å². The predicted molar refractivity (Wildman–Crippen MR) is 58.5 cm³/mol. The molecule has 2 rings (SSSR count). The summed E-state index contributed by atoms with van der Waals surface area (Å²) in [5.41, 5.74) is -1.46. The molecule has 0 saturated heterocycles. The van der Waals surface area contributed by atoms with Crippen LogP contribution in [-0.4, -0.2) is 21.2 Å². The molecule has 0 aliphatic heterocycles. The van der Waals surface area contributed by atoms with Crippen LogP contribution in [0.1, 0.15) is 28.9 Å². The Morgan fingerprint density at radius 1 is 1.39 bits per heavy atom. The van der Waals surface area contributed by atoms with Gasteiger partial charge in [-0.2, -0.15) is 0 Å². The molecule has 18 heavy (non-hydrogen) atoms. The first-order valence-corrected chi connectivity index (χ1v) is 5.09. The van der Waals surface area contributed by atoms with Crippen molar-refractivity contribution in [3.05, 3.63) is 53.5 Å². The molecule has 1 atom stereocenters. The highest BCUT2D eigenvalue weighted by atomic mass is 19.1. The molecular formula is C12H10FNO4. The lowest BCUT2D eigenvalue weighted by molar-refractivity contribution is 0.0587. The average Bonchev–Trinajstić information content (AvgIpc) is 2.79. The van der Waals surface area contributed by atoms with Gasteiger partial charge >= 0.3 is 5.97 Å². The minimum absolute atomic E-state index is 0.0269. The molecule has 0 spiro atoms. The van der Waals surface area contributed by atoms with E-state index in [0.29, 0.717) is 0 Å². The molecule has 6 heteroatoms. The zero-order valence-corrected chi connectivity index (χ0v) is 9.42. The van der Waals surface area contributed by atoms with Gasteiger partial charge in [-0.15, -0.1) is 0 Å². The molecule has 0 aliphatic rings. The van der Waals surface area contributed by atoms with Crippen LogP contribution in [0.25, 0.3) is 0 Å². The van der Waals surface area contributed by atoms with Crippen LogP contribution in [0, 0.1) is 5.82 Å². The predicted octanol–water partition coefficient (Wildman–Crippen LogP) is 1.77. The van der Waals surface area contributed by atoms with Gasteiger partial charge < -0.3 is 14.6 Å². The Morgan fingerprint density at radius 3 is 2.61 bits per heavy atom. The monoisotopic (exact) mass is 251 g/mol. The van der Waals surface area contributed by atoms with Crippen molar-refractivity contribution < 1.29 is 23.8 Å². The summed E-state index contributed by atoms with van der Waals surface area (Å²) in [4.78, 5) is 14.4. The molecule has 5 nitrogen and oxygen atoms in total. The van der Waals surface area contributed by atoms with E-state index >= 15 is 0 Å². The minimum Gasteiger partial charge on any atom is -0.475 e. The van der Waals surface area contributed by atoms with E-state index in [0.717, 1.165) is 12.3 Å². The van der Waals surface area contributed by atoms with E-state index in [1.54, 1.807) is 0 Å². The number of aliphatic hydroxyl groups is 1. The largest absolute Gasteiger partial charge is 0.475 e. The molecule has 0 fully saturated rings. The smallest absolute Gasteiger partial charge is 0.371 e. The molecule has 2 N–H and O–H groups in total. The number of carboxylic acids is 1. The lowest BCUT2D eigenvalue weighted by Gasteiger charge is -2.19. The van der Waals surface area contributed by atoms with Crippen molar-refractivity contribution in [1.82, 2.24) is 4.98 Å². The van der Waals surface area contributed by atoms with Crippen molar-refractivity contribution in [2.24, 2.45) is 0 Å². The van der Waals surface area contributed by atoms with E-state index in [1.807, 2.05) is 0 Å². The topological polar surface area (TPSA) is 83.6 Å². The van der Waals surface area contributed by atoms with Gasteiger partial charge in [-0.05, 0) is 31.2 Å². The van der Waals surface area contributed by atoms with Crippen LogP contribution in [0.5, 0.6) is 0 Å². The summed E-state index contributed by atoms with van der Waals surface area (Å²) in [6.07, 6.45) is 0.963. The van der Waals surface area contributed by atoms with Gasteiger partial charge in [0.1, 0.15) is 11.6 Å². The number of pyridine rings is 1. The van der Waals surface area contributed by atoms with E-state index in [1.165, 1.54) is 25.1 Å². The fraction of sp³-hybridized carbons (Fsp3) is 0.167. The first-order valence-electron chi connectivity index (χ1n) is 5.09. The Labute approximate surface area is 102 Å². The number of halogens is 1. The van der Waals surface area contributed by atoms with Crippen LogP contribution in [0.4, 0.5) is 4.39 Å². The lowest BCUT2D eigenvalue weighted by atomic mass is 9.99. The Hall–Kier alpha value is -2.21. The van der Waals surface area contributed by atoms with Crippen LogP contribution >= 0.6 is 0 Å². The highest BCUT2D eigenvalue weighted by Gasteiger charge is 2.31. The molecule has 1 unspecified atom stereocenters. The number of hydrogen-bond acceptors (Lipinski definition) is 4. The van der Waals surface area contributed by atoms with Gasteiger partial charge in [0.05, 0.1) is 11.9 Å². The van der Waals surface area contributed by atoms with Crippen LogP contribution in [0.3, 0.4) is 0 Å². The van der Waals surface area contributed by atoms with E-state index in [4.69, 9.17) is 9.52 Å². The Kier molecular flexibility index (Phi) is 2.88. The van der Waals surface area contributed by atoms with Crippen molar-refractivity contribution in [3.63, 3.8) is 0 Å². The summed E-state index contributed by atoms with van der Waals surface area (Å²) < 4.78 is 17.8. The number of nitrogens with zero attached hydrogens (tertiary/aromatic N) is 1. The summed E-state index contributed by atoms with van der Waals surface area (Å²) in [5.74, 6) is -2.02. The van der Waals surface area contributed by atoms with Crippen molar-refractivity contribution in [3.8, 4) is 0 Å². The van der Waals surface area contributed by atoms with Crippen LogP contribution in [0.15, 0.2) is 34.9 Å². The first kappa shape index (κ1) is 12.3. The zero-order valence-electron chi connectivity index (χ0n) is 9.42. The second-order valence-corrected chi connectivity index (χ2v) is 3.90. The van der Waals surface area contributed by atoms with E-state index < -0.39 is 17.4 Å². The molecule has 94 valence electrons. The van der Waals surface area contributed by atoms with Gasteiger partial charge in [0.2, 0.25) is 5.76 Å². The highest BCUT2D eigenvalue weighted by Crippen LogP contribution is 2.29. The van der Waals surface area contributed by atoms with Gasteiger partial charge in [-0.3, -0.25) is 4.98 Å². The number of carbonyl (C=O) groups is 1. The third-order valence-electron chi connectivity index (χ3n) is 2.52. The van der Waals surface area contributed by atoms with Crippen LogP contribution < -0.4 is 0 Å². The maximum atomic E-state index is 12.7. The summed E-state index contributed by atoms with van der Waals surface area (Å²) in [5, 5.41) is 19.0. The Bertz CT molecular complexity index is 574. The van der Waals surface area contributed by atoms with Crippen LogP contribution in [-0.2, 0) is 5.60 Å². The average molecular weight is 251 g/mol. The van der Waals surface area contributed by atoms with E-state index in [2.05, 4.69) is 4.98 Å². The van der Waals surface area contributed by atoms with E-state index in [9.17, 15) is 14.3 Å². The molecule has 0 aromatic carbocycles. The Balaban J connectivity index is 2.40. The summed E-state index contributed by atoms with van der Waals surface area (Å²) in [6, 6.07) is 5.03. The maximum absolute atomic E-state index is 12.7. The SMILES string of the molecule is CC(O)(c1ccc(F)cn1)c1ccc(C(=O)O)o1. The fourth-order valence-electron chi connectivity index (χ4n) is 1.50. The van der Waals surface area contributed by atoms with Crippen molar-refractivity contribution in [1.29, 1.82) is 0 Å². The summed E-state index contributed by atoms with van der Waals surface area (Å²) in [7, 11) is 0. The first-order chi connectivity index (χ1) is 8.41. The number of aromatic carboxylic acids is 1. The van der Waals surface area contributed by atoms with Crippen molar-refractivity contribution in [2.75, 3.05) is 0 Å². The molecule has 2 heterocycles. The van der Waals surface area contributed by atoms with E-state index in [-0.39, 0.29) is 17.2 Å². The van der Waals surface area contributed by atoms with Crippen LogP contribution in [0.2, 0.25) is 0 Å². The number of furan rings is 1. The normalized spacial score (nSPS) is 14.2.